The maximum absolute atomic E-state index is 13.4. The fraction of sp³-hybridized carbons (Fsp3) is 0.0556. The van der Waals surface area contributed by atoms with Crippen molar-refractivity contribution in [2.75, 3.05) is 5.32 Å². The lowest BCUT2D eigenvalue weighted by Crippen LogP contribution is -2.15. The predicted octanol–water partition coefficient (Wildman–Crippen LogP) is 3.55. The minimum absolute atomic E-state index is 0.0358. The molecule has 0 bridgehead atoms. The number of anilines is 1. The topological polar surface area (TPSA) is 120 Å². The smallest absolute Gasteiger partial charge is 0.306 e. The molecule has 1 amide bonds. The third-order valence-corrected chi connectivity index (χ3v) is 5.48. The summed E-state index contributed by atoms with van der Waals surface area (Å²) in [5.41, 5.74) is -0.714. The highest BCUT2D eigenvalue weighted by molar-refractivity contribution is 7.90. The van der Waals surface area contributed by atoms with E-state index >= 15 is 0 Å². The number of sulfone groups is 1. The van der Waals surface area contributed by atoms with Crippen LogP contribution < -0.4 is 5.32 Å². The molecular weight excluding hydrogens is 391 g/mol. The van der Waals surface area contributed by atoms with E-state index in [1.807, 2.05) is 0 Å². The second-order valence-corrected chi connectivity index (χ2v) is 7.71. The number of nitrogens with zero attached hydrogens (tertiary/aromatic N) is 1. The largest absolute Gasteiger partial charge is 0.459 e. The first-order valence-electron chi connectivity index (χ1n) is 7.87. The lowest BCUT2D eigenvalue weighted by molar-refractivity contribution is -0.387. The van der Waals surface area contributed by atoms with Crippen LogP contribution in [0.15, 0.2) is 70.2 Å². The zero-order valence-corrected chi connectivity index (χ0v) is 15.0. The van der Waals surface area contributed by atoms with E-state index in [9.17, 15) is 27.7 Å². The summed E-state index contributed by atoms with van der Waals surface area (Å²) in [6.45, 7) is 0. The Balaban J connectivity index is 1.83. The molecule has 1 aromatic heterocycles. The standard InChI is InChI=1S/C18H13FN2O6S/c19-15-7-6-13(10-16(15)21(23)24)20-18(22)17-12(8-9-27-17)11-28(25,26)14-4-2-1-3-5-14/h1-10H,11H2,(H,20,22). The van der Waals surface area contributed by atoms with Gasteiger partial charge >= 0.3 is 5.69 Å². The van der Waals surface area contributed by atoms with Crippen LogP contribution in [0.2, 0.25) is 0 Å². The van der Waals surface area contributed by atoms with Gasteiger partial charge in [-0.1, -0.05) is 18.2 Å². The zero-order valence-electron chi connectivity index (χ0n) is 14.2. The number of rotatable bonds is 6. The molecule has 10 heteroatoms. The summed E-state index contributed by atoms with van der Waals surface area (Å²) in [5.74, 6) is -2.59. The maximum Gasteiger partial charge on any atom is 0.306 e. The first-order valence-corrected chi connectivity index (χ1v) is 9.52. The molecule has 0 spiro atoms. The second kappa shape index (κ2) is 7.61. The molecule has 28 heavy (non-hydrogen) atoms. The molecule has 0 saturated heterocycles. The Bertz CT molecular complexity index is 1140. The zero-order chi connectivity index (χ0) is 20.3. The lowest BCUT2D eigenvalue weighted by atomic mass is 10.2. The second-order valence-electron chi connectivity index (χ2n) is 5.72. The number of carbonyl (C=O) groups excluding carboxylic acids is 1. The van der Waals surface area contributed by atoms with Gasteiger partial charge in [0, 0.05) is 17.3 Å². The van der Waals surface area contributed by atoms with E-state index in [2.05, 4.69) is 5.32 Å². The van der Waals surface area contributed by atoms with E-state index in [4.69, 9.17) is 4.42 Å². The number of amides is 1. The van der Waals surface area contributed by atoms with Crippen LogP contribution in [0.5, 0.6) is 0 Å². The van der Waals surface area contributed by atoms with Crippen molar-refractivity contribution >= 4 is 27.1 Å². The van der Waals surface area contributed by atoms with Crippen LogP contribution in [0, 0.1) is 15.9 Å². The summed E-state index contributed by atoms with van der Waals surface area (Å²) in [4.78, 5) is 22.4. The van der Waals surface area contributed by atoms with Crippen molar-refractivity contribution in [3.63, 3.8) is 0 Å². The first-order chi connectivity index (χ1) is 13.3. The van der Waals surface area contributed by atoms with Gasteiger partial charge < -0.3 is 9.73 Å². The summed E-state index contributed by atoms with van der Waals surface area (Å²) < 4.78 is 43.5. The van der Waals surface area contributed by atoms with Crippen molar-refractivity contribution in [1.82, 2.24) is 0 Å². The molecule has 0 aliphatic rings. The van der Waals surface area contributed by atoms with E-state index in [-0.39, 0.29) is 21.9 Å². The molecule has 0 fully saturated rings. The highest BCUT2D eigenvalue weighted by Gasteiger charge is 2.23. The van der Waals surface area contributed by atoms with Crippen LogP contribution in [0.4, 0.5) is 15.8 Å². The highest BCUT2D eigenvalue weighted by Crippen LogP contribution is 2.24. The number of benzene rings is 2. The van der Waals surface area contributed by atoms with E-state index in [1.54, 1.807) is 18.2 Å². The Kier molecular flexibility index (Phi) is 5.23. The normalized spacial score (nSPS) is 11.2. The quantitative estimate of drug-likeness (QED) is 0.496. The van der Waals surface area contributed by atoms with Gasteiger partial charge in [-0.25, -0.2) is 8.42 Å². The summed E-state index contributed by atoms with van der Waals surface area (Å²) in [7, 11) is -3.71. The monoisotopic (exact) mass is 404 g/mol. The lowest BCUT2D eigenvalue weighted by Gasteiger charge is -2.07. The van der Waals surface area contributed by atoms with Gasteiger partial charge in [-0.15, -0.1) is 0 Å². The van der Waals surface area contributed by atoms with Crippen LogP contribution >= 0.6 is 0 Å². The average Bonchev–Trinajstić information content (AvgIpc) is 3.11. The van der Waals surface area contributed by atoms with E-state index in [0.717, 1.165) is 24.5 Å². The van der Waals surface area contributed by atoms with E-state index < -0.39 is 37.9 Å². The van der Waals surface area contributed by atoms with Gasteiger partial charge in [-0.2, -0.15) is 4.39 Å². The number of halogens is 1. The Morgan fingerprint density at radius 3 is 2.54 bits per heavy atom. The third kappa shape index (κ3) is 4.07. The molecule has 0 saturated carbocycles. The van der Waals surface area contributed by atoms with Gasteiger partial charge in [0.1, 0.15) is 0 Å². The summed E-state index contributed by atoms with van der Waals surface area (Å²) in [5, 5.41) is 13.1. The van der Waals surface area contributed by atoms with Gasteiger partial charge in [0.2, 0.25) is 5.82 Å². The fourth-order valence-corrected chi connectivity index (χ4v) is 3.86. The van der Waals surface area contributed by atoms with Gasteiger partial charge in [-0.3, -0.25) is 14.9 Å². The van der Waals surface area contributed by atoms with Gasteiger partial charge in [0.15, 0.2) is 15.6 Å². The number of nitro groups is 1. The fourth-order valence-electron chi connectivity index (χ4n) is 2.48. The van der Waals surface area contributed by atoms with E-state index in [0.29, 0.717) is 0 Å². The molecule has 0 aliphatic heterocycles. The van der Waals surface area contributed by atoms with Crippen molar-refractivity contribution in [2.45, 2.75) is 10.6 Å². The minimum atomic E-state index is -3.71. The predicted molar refractivity (Wildman–Crippen MR) is 97.0 cm³/mol. The molecule has 144 valence electrons. The molecule has 0 unspecified atom stereocenters. The molecule has 2 aromatic carbocycles. The number of nitro benzene ring substituents is 1. The van der Waals surface area contributed by atoms with Crippen LogP contribution in [0.1, 0.15) is 16.1 Å². The van der Waals surface area contributed by atoms with Crippen molar-refractivity contribution in [2.24, 2.45) is 0 Å². The molecule has 3 aromatic rings. The molecule has 0 aliphatic carbocycles. The molecule has 1 heterocycles. The molecule has 3 rings (SSSR count). The number of hydrogen-bond acceptors (Lipinski definition) is 6. The average molecular weight is 404 g/mol. The Hall–Kier alpha value is -3.53. The highest BCUT2D eigenvalue weighted by atomic mass is 32.2. The maximum atomic E-state index is 13.4. The van der Waals surface area contributed by atoms with Crippen molar-refractivity contribution in [1.29, 1.82) is 0 Å². The van der Waals surface area contributed by atoms with Crippen molar-refractivity contribution in [3.05, 3.63) is 88.1 Å². The summed E-state index contributed by atoms with van der Waals surface area (Å²) >= 11 is 0. The van der Waals surface area contributed by atoms with Gasteiger partial charge in [0.05, 0.1) is 21.8 Å². The number of hydrogen-bond donors (Lipinski definition) is 1. The Morgan fingerprint density at radius 2 is 1.86 bits per heavy atom. The molecule has 1 N–H and O–H groups in total. The Labute approximate surface area is 158 Å². The number of carbonyl (C=O) groups is 1. The molecule has 0 atom stereocenters. The Morgan fingerprint density at radius 1 is 1.14 bits per heavy atom. The van der Waals surface area contributed by atoms with E-state index in [1.165, 1.54) is 18.2 Å². The SMILES string of the molecule is O=C(Nc1ccc(F)c([N+](=O)[O-])c1)c1occc1CS(=O)(=O)c1ccccc1. The van der Waals surface area contributed by atoms with Crippen LogP contribution in [-0.2, 0) is 15.6 Å². The number of furan rings is 1. The van der Waals surface area contributed by atoms with Crippen molar-refractivity contribution in [3.8, 4) is 0 Å². The molecule has 0 radical (unpaired) electrons. The minimum Gasteiger partial charge on any atom is -0.459 e. The van der Waals surface area contributed by atoms with Crippen LogP contribution in [-0.4, -0.2) is 19.2 Å². The molecule has 8 nitrogen and oxygen atoms in total. The first kappa shape index (κ1) is 19.2. The van der Waals surface area contributed by atoms with Crippen LogP contribution in [0.3, 0.4) is 0 Å². The van der Waals surface area contributed by atoms with Crippen molar-refractivity contribution < 1.29 is 26.9 Å². The summed E-state index contributed by atoms with van der Waals surface area (Å²) in [6, 6.07) is 11.9. The number of nitrogens with one attached hydrogen (secondary N) is 1. The molecular formula is C18H13FN2O6S. The third-order valence-electron chi connectivity index (χ3n) is 3.80. The van der Waals surface area contributed by atoms with Crippen LogP contribution in [0.25, 0.3) is 0 Å². The van der Waals surface area contributed by atoms with Gasteiger partial charge in [-0.05, 0) is 30.3 Å². The summed E-state index contributed by atoms with van der Waals surface area (Å²) in [6.07, 6.45) is 1.16. The van der Waals surface area contributed by atoms with Gasteiger partial charge in [0.25, 0.3) is 5.91 Å².